The SMILES string of the molecule is NC(=O)Cn1ccnc1[C@@H]1CCCN(C(=O)CN2CCCCCCC2)C1. The van der Waals surface area contributed by atoms with Crippen molar-refractivity contribution in [2.75, 3.05) is 32.7 Å². The van der Waals surface area contributed by atoms with Crippen LogP contribution < -0.4 is 5.73 Å². The van der Waals surface area contributed by atoms with Crippen molar-refractivity contribution < 1.29 is 9.59 Å². The Hall–Kier alpha value is -1.89. The van der Waals surface area contributed by atoms with E-state index in [0.717, 1.165) is 38.3 Å². The minimum Gasteiger partial charge on any atom is -0.368 e. The Morgan fingerprint density at radius 2 is 1.77 bits per heavy atom. The minimum absolute atomic E-state index is 0.146. The van der Waals surface area contributed by atoms with Crippen molar-refractivity contribution in [2.24, 2.45) is 5.73 Å². The molecular weight excluding hydrogens is 330 g/mol. The third-order valence-electron chi connectivity index (χ3n) is 5.52. The van der Waals surface area contributed by atoms with Gasteiger partial charge in [-0.2, -0.15) is 0 Å². The maximum absolute atomic E-state index is 12.8. The monoisotopic (exact) mass is 361 g/mol. The lowest BCUT2D eigenvalue weighted by Gasteiger charge is -2.34. The van der Waals surface area contributed by atoms with Gasteiger partial charge in [0, 0.05) is 31.4 Å². The van der Waals surface area contributed by atoms with E-state index in [-0.39, 0.29) is 24.3 Å². The molecule has 0 saturated carbocycles. The summed E-state index contributed by atoms with van der Waals surface area (Å²) in [5, 5.41) is 0. The molecular formula is C19H31N5O2. The molecule has 7 nitrogen and oxygen atoms in total. The first-order valence-corrected chi connectivity index (χ1v) is 9.93. The van der Waals surface area contributed by atoms with Crippen molar-refractivity contribution in [3.63, 3.8) is 0 Å². The molecule has 0 aromatic carbocycles. The molecule has 2 N–H and O–H groups in total. The fraction of sp³-hybridized carbons (Fsp3) is 0.737. The van der Waals surface area contributed by atoms with E-state index in [1.54, 1.807) is 12.4 Å². The molecule has 1 atom stereocenters. The highest BCUT2D eigenvalue weighted by Crippen LogP contribution is 2.26. The molecule has 1 aromatic rings. The number of amides is 2. The molecule has 2 fully saturated rings. The molecule has 144 valence electrons. The van der Waals surface area contributed by atoms with E-state index in [4.69, 9.17) is 5.73 Å². The Labute approximate surface area is 155 Å². The smallest absolute Gasteiger partial charge is 0.237 e. The number of aromatic nitrogens is 2. The predicted molar refractivity (Wildman–Crippen MR) is 99.5 cm³/mol. The van der Waals surface area contributed by atoms with Crippen molar-refractivity contribution in [3.05, 3.63) is 18.2 Å². The maximum Gasteiger partial charge on any atom is 0.237 e. The zero-order chi connectivity index (χ0) is 18.4. The van der Waals surface area contributed by atoms with Crippen LogP contribution in [0.25, 0.3) is 0 Å². The first kappa shape index (κ1) is 18.9. The molecule has 7 heteroatoms. The van der Waals surface area contributed by atoms with Crippen molar-refractivity contribution in [1.82, 2.24) is 19.4 Å². The van der Waals surface area contributed by atoms with Gasteiger partial charge in [0.25, 0.3) is 0 Å². The molecule has 26 heavy (non-hydrogen) atoms. The standard InChI is InChI=1S/C19H31N5O2/c20-17(25)14-24-12-8-21-19(24)16-7-6-11-23(13-16)18(26)15-22-9-4-2-1-3-5-10-22/h8,12,16H,1-7,9-11,13-15H2,(H2,20,25)/t16-/m1/s1. The van der Waals surface area contributed by atoms with Crippen molar-refractivity contribution in [3.8, 4) is 0 Å². The number of nitrogens with zero attached hydrogens (tertiary/aromatic N) is 4. The van der Waals surface area contributed by atoms with Crippen LogP contribution in [0.1, 0.15) is 56.7 Å². The number of hydrogen-bond donors (Lipinski definition) is 1. The number of likely N-dealkylation sites (tertiary alicyclic amines) is 2. The van der Waals surface area contributed by atoms with Crippen LogP contribution in [0.3, 0.4) is 0 Å². The molecule has 2 saturated heterocycles. The number of carbonyl (C=O) groups is 2. The number of nitrogens with two attached hydrogens (primary N) is 1. The normalized spacial score (nSPS) is 22.6. The van der Waals surface area contributed by atoms with Gasteiger partial charge in [0.1, 0.15) is 12.4 Å². The third-order valence-corrected chi connectivity index (χ3v) is 5.52. The van der Waals surface area contributed by atoms with E-state index < -0.39 is 0 Å². The fourth-order valence-corrected chi connectivity index (χ4v) is 4.16. The highest BCUT2D eigenvalue weighted by molar-refractivity contribution is 5.78. The number of primary amides is 1. The summed E-state index contributed by atoms with van der Waals surface area (Å²) in [7, 11) is 0. The highest BCUT2D eigenvalue weighted by Gasteiger charge is 2.28. The summed E-state index contributed by atoms with van der Waals surface area (Å²) in [4.78, 5) is 32.8. The molecule has 0 radical (unpaired) electrons. The van der Waals surface area contributed by atoms with E-state index >= 15 is 0 Å². The molecule has 2 aliphatic heterocycles. The predicted octanol–water partition coefficient (Wildman–Crippen LogP) is 1.34. The summed E-state index contributed by atoms with van der Waals surface area (Å²) in [6, 6.07) is 0. The van der Waals surface area contributed by atoms with Gasteiger partial charge in [0.2, 0.25) is 11.8 Å². The summed E-state index contributed by atoms with van der Waals surface area (Å²) >= 11 is 0. The van der Waals surface area contributed by atoms with Crippen LogP contribution in [0.2, 0.25) is 0 Å². The molecule has 2 aliphatic rings. The van der Waals surface area contributed by atoms with Crippen molar-refractivity contribution in [2.45, 2.75) is 57.4 Å². The molecule has 3 rings (SSSR count). The lowest BCUT2D eigenvalue weighted by molar-refractivity contribution is -0.133. The number of imidazole rings is 1. The van der Waals surface area contributed by atoms with Crippen molar-refractivity contribution in [1.29, 1.82) is 0 Å². The van der Waals surface area contributed by atoms with Gasteiger partial charge < -0.3 is 15.2 Å². The van der Waals surface area contributed by atoms with Gasteiger partial charge in [0.05, 0.1) is 6.54 Å². The second kappa shape index (κ2) is 9.16. The van der Waals surface area contributed by atoms with Gasteiger partial charge in [-0.3, -0.25) is 14.5 Å². The first-order valence-electron chi connectivity index (χ1n) is 9.93. The van der Waals surface area contributed by atoms with Gasteiger partial charge in [-0.25, -0.2) is 4.98 Å². The number of carbonyl (C=O) groups excluding carboxylic acids is 2. The Morgan fingerprint density at radius 1 is 1.04 bits per heavy atom. The van der Waals surface area contributed by atoms with Gasteiger partial charge >= 0.3 is 0 Å². The highest BCUT2D eigenvalue weighted by atomic mass is 16.2. The zero-order valence-corrected chi connectivity index (χ0v) is 15.6. The van der Waals surface area contributed by atoms with Gasteiger partial charge in [0.15, 0.2) is 0 Å². The Balaban J connectivity index is 1.58. The lowest BCUT2D eigenvalue weighted by Crippen LogP contribution is -2.45. The average Bonchev–Trinajstić information content (AvgIpc) is 3.04. The number of piperidine rings is 1. The second-order valence-electron chi connectivity index (χ2n) is 7.60. The van der Waals surface area contributed by atoms with Crippen LogP contribution in [-0.2, 0) is 16.1 Å². The molecule has 3 heterocycles. The Morgan fingerprint density at radius 3 is 2.50 bits per heavy atom. The van der Waals surface area contributed by atoms with Crippen LogP contribution >= 0.6 is 0 Å². The molecule has 0 bridgehead atoms. The van der Waals surface area contributed by atoms with E-state index in [0.29, 0.717) is 13.1 Å². The minimum atomic E-state index is -0.370. The summed E-state index contributed by atoms with van der Waals surface area (Å²) in [6.45, 7) is 4.25. The first-order chi connectivity index (χ1) is 12.6. The molecule has 0 unspecified atom stereocenters. The van der Waals surface area contributed by atoms with Crippen LogP contribution in [-0.4, -0.2) is 63.9 Å². The van der Waals surface area contributed by atoms with Crippen LogP contribution in [0, 0.1) is 0 Å². The van der Waals surface area contributed by atoms with Crippen LogP contribution in [0.15, 0.2) is 12.4 Å². The average molecular weight is 361 g/mol. The van der Waals surface area contributed by atoms with Gasteiger partial charge in [-0.15, -0.1) is 0 Å². The van der Waals surface area contributed by atoms with Gasteiger partial charge in [-0.1, -0.05) is 19.3 Å². The van der Waals surface area contributed by atoms with E-state index in [1.807, 2.05) is 9.47 Å². The molecule has 0 aliphatic carbocycles. The van der Waals surface area contributed by atoms with Crippen LogP contribution in [0.4, 0.5) is 0 Å². The summed E-state index contributed by atoms with van der Waals surface area (Å²) in [5.74, 6) is 0.898. The Kier molecular flexibility index (Phi) is 6.66. The summed E-state index contributed by atoms with van der Waals surface area (Å²) in [6.07, 6.45) is 11.7. The fourth-order valence-electron chi connectivity index (χ4n) is 4.16. The van der Waals surface area contributed by atoms with E-state index in [9.17, 15) is 9.59 Å². The largest absolute Gasteiger partial charge is 0.368 e. The van der Waals surface area contributed by atoms with E-state index in [1.165, 1.54) is 32.1 Å². The lowest BCUT2D eigenvalue weighted by atomic mass is 9.97. The number of hydrogen-bond acceptors (Lipinski definition) is 4. The Bertz CT molecular complexity index is 607. The molecule has 0 spiro atoms. The molecule has 1 aromatic heterocycles. The third kappa shape index (κ3) is 5.06. The second-order valence-corrected chi connectivity index (χ2v) is 7.60. The van der Waals surface area contributed by atoms with E-state index in [2.05, 4.69) is 9.88 Å². The van der Waals surface area contributed by atoms with Gasteiger partial charge in [-0.05, 0) is 38.8 Å². The van der Waals surface area contributed by atoms with Crippen LogP contribution in [0.5, 0.6) is 0 Å². The van der Waals surface area contributed by atoms with Crippen molar-refractivity contribution >= 4 is 11.8 Å². The quantitative estimate of drug-likeness (QED) is 0.858. The molecule has 2 amide bonds. The topological polar surface area (TPSA) is 84.5 Å². The summed E-state index contributed by atoms with van der Waals surface area (Å²) < 4.78 is 1.82. The summed E-state index contributed by atoms with van der Waals surface area (Å²) in [5.41, 5.74) is 5.33. The zero-order valence-electron chi connectivity index (χ0n) is 15.6. The number of rotatable bonds is 5. The maximum atomic E-state index is 12.8.